The molecule has 4 N–H and O–H groups in total. The number of carboxylic acid groups (broad SMARTS) is 1. The number of ether oxygens (including phenoxy) is 1. The van der Waals surface area contributed by atoms with E-state index in [0.29, 0.717) is 19.5 Å². The first-order valence-electron chi connectivity index (χ1n) is 6.97. The Bertz CT molecular complexity index is 327. The van der Waals surface area contributed by atoms with Crippen LogP contribution in [0.2, 0.25) is 0 Å². The Labute approximate surface area is 121 Å². The van der Waals surface area contributed by atoms with E-state index in [2.05, 4.69) is 5.32 Å². The number of amides is 1. The van der Waals surface area contributed by atoms with Crippen LogP contribution < -0.4 is 11.1 Å². The third-order valence-electron chi connectivity index (χ3n) is 2.91. The quantitative estimate of drug-likeness (QED) is 0.562. The normalized spacial score (nSPS) is 12.2. The summed E-state index contributed by atoms with van der Waals surface area (Å²) in [5, 5.41) is 11.2. The van der Waals surface area contributed by atoms with Crippen LogP contribution in [0.4, 0.5) is 0 Å². The molecule has 0 aromatic rings. The molecule has 0 saturated carbocycles. The SMILES string of the molecule is CC(C)(CCN)OC(C)(C)CCNC(=O)CCC(=O)O. The van der Waals surface area contributed by atoms with Gasteiger partial charge in [-0.05, 0) is 47.1 Å². The van der Waals surface area contributed by atoms with Gasteiger partial charge in [-0.1, -0.05) is 0 Å². The highest BCUT2D eigenvalue weighted by Crippen LogP contribution is 2.25. The Kier molecular flexibility index (Phi) is 7.75. The van der Waals surface area contributed by atoms with Crippen molar-refractivity contribution in [3.05, 3.63) is 0 Å². The number of rotatable bonds is 10. The molecule has 0 aliphatic rings. The lowest BCUT2D eigenvalue weighted by molar-refractivity contribution is -0.139. The van der Waals surface area contributed by atoms with Crippen LogP contribution in [-0.2, 0) is 14.3 Å². The Hall–Kier alpha value is -1.14. The number of nitrogens with one attached hydrogen (secondary N) is 1. The van der Waals surface area contributed by atoms with Crippen LogP contribution >= 0.6 is 0 Å². The van der Waals surface area contributed by atoms with Gasteiger partial charge in [0.05, 0.1) is 17.6 Å². The summed E-state index contributed by atoms with van der Waals surface area (Å²) in [6, 6.07) is 0. The summed E-state index contributed by atoms with van der Waals surface area (Å²) in [6.07, 6.45) is 1.28. The second kappa shape index (κ2) is 8.21. The lowest BCUT2D eigenvalue weighted by atomic mass is 9.99. The van der Waals surface area contributed by atoms with Crippen LogP contribution in [0.3, 0.4) is 0 Å². The zero-order valence-corrected chi connectivity index (χ0v) is 13.0. The minimum atomic E-state index is -0.965. The van der Waals surface area contributed by atoms with E-state index in [0.717, 1.165) is 6.42 Å². The van der Waals surface area contributed by atoms with Crippen molar-refractivity contribution in [2.75, 3.05) is 13.1 Å². The first-order valence-corrected chi connectivity index (χ1v) is 6.97. The third kappa shape index (κ3) is 9.75. The molecule has 0 atom stereocenters. The van der Waals surface area contributed by atoms with Crippen molar-refractivity contribution in [2.45, 2.75) is 64.6 Å². The van der Waals surface area contributed by atoms with Gasteiger partial charge in [-0.15, -0.1) is 0 Å². The van der Waals surface area contributed by atoms with Gasteiger partial charge in [-0.3, -0.25) is 9.59 Å². The van der Waals surface area contributed by atoms with Crippen LogP contribution in [0.15, 0.2) is 0 Å². The number of hydrogen-bond donors (Lipinski definition) is 3. The summed E-state index contributed by atoms with van der Waals surface area (Å²) in [7, 11) is 0. The van der Waals surface area contributed by atoms with Crippen LogP contribution in [0, 0.1) is 0 Å². The smallest absolute Gasteiger partial charge is 0.303 e. The molecule has 0 heterocycles. The van der Waals surface area contributed by atoms with E-state index >= 15 is 0 Å². The topological polar surface area (TPSA) is 102 Å². The third-order valence-corrected chi connectivity index (χ3v) is 2.91. The molecule has 0 aromatic carbocycles. The van der Waals surface area contributed by atoms with Gasteiger partial charge in [0.1, 0.15) is 0 Å². The van der Waals surface area contributed by atoms with Crippen LogP contribution in [0.25, 0.3) is 0 Å². The monoisotopic (exact) mass is 288 g/mol. The van der Waals surface area contributed by atoms with E-state index in [-0.39, 0.29) is 30.0 Å². The molecule has 0 rings (SSSR count). The maximum Gasteiger partial charge on any atom is 0.303 e. The molecule has 6 nitrogen and oxygen atoms in total. The summed E-state index contributed by atoms with van der Waals surface area (Å²) in [4.78, 5) is 21.7. The lowest BCUT2D eigenvalue weighted by Crippen LogP contribution is -2.40. The number of carbonyl (C=O) groups excluding carboxylic acids is 1. The number of aliphatic carboxylic acids is 1. The standard InChI is InChI=1S/C14H28N2O4/c1-13(2,7-9-15)20-14(3,4)8-10-16-11(17)5-6-12(18)19/h5-10,15H2,1-4H3,(H,16,17)(H,18,19). The van der Waals surface area contributed by atoms with Crippen LogP contribution in [0.1, 0.15) is 53.4 Å². The van der Waals surface area contributed by atoms with Gasteiger partial charge in [-0.2, -0.15) is 0 Å². The predicted octanol–water partition coefficient (Wildman–Crippen LogP) is 1.28. The summed E-state index contributed by atoms with van der Waals surface area (Å²) in [6.45, 7) is 8.95. The van der Waals surface area contributed by atoms with Gasteiger partial charge in [0.15, 0.2) is 0 Å². The first kappa shape index (κ1) is 18.9. The Morgan fingerprint density at radius 1 is 1.10 bits per heavy atom. The second-order valence-corrected chi connectivity index (χ2v) is 6.15. The number of carboxylic acids is 1. The molecule has 0 aromatic heterocycles. The molecular formula is C14H28N2O4. The van der Waals surface area contributed by atoms with Crippen molar-refractivity contribution in [1.82, 2.24) is 5.32 Å². The van der Waals surface area contributed by atoms with Crippen molar-refractivity contribution in [3.63, 3.8) is 0 Å². The fourth-order valence-corrected chi connectivity index (χ4v) is 2.01. The molecule has 6 heteroatoms. The maximum atomic E-state index is 11.4. The highest BCUT2D eigenvalue weighted by molar-refractivity contribution is 5.80. The molecule has 0 fully saturated rings. The second-order valence-electron chi connectivity index (χ2n) is 6.15. The van der Waals surface area contributed by atoms with E-state index in [9.17, 15) is 9.59 Å². The highest BCUT2D eigenvalue weighted by atomic mass is 16.5. The summed E-state index contributed by atoms with van der Waals surface area (Å²) in [5.74, 6) is -1.21. The summed E-state index contributed by atoms with van der Waals surface area (Å²) >= 11 is 0. The average Bonchev–Trinajstić information content (AvgIpc) is 2.24. The molecule has 118 valence electrons. The minimum absolute atomic E-state index is 0.00921. The van der Waals surface area contributed by atoms with E-state index in [1.54, 1.807) is 0 Å². The number of nitrogens with two attached hydrogens (primary N) is 1. The van der Waals surface area contributed by atoms with Gasteiger partial charge in [0, 0.05) is 13.0 Å². The largest absolute Gasteiger partial charge is 0.481 e. The maximum absolute atomic E-state index is 11.4. The zero-order chi connectivity index (χ0) is 15.8. The van der Waals surface area contributed by atoms with Crippen molar-refractivity contribution < 1.29 is 19.4 Å². The van der Waals surface area contributed by atoms with Gasteiger partial charge in [0.25, 0.3) is 0 Å². The van der Waals surface area contributed by atoms with E-state index in [1.807, 2.05) is 27.7 Å². The molecule has 0 bridgehead atoms. The van der Waals surface area contributed by atoms with E-state index < -0.39 is 5.97 Å². The molecule has 20 heavy (non-hydrogen) atoms. The fraction of sp³-hybridized carbons (Fsp3) is 0.857. The Balaban J connectivity index is 4.04. The molecule has 0 radical (unpaired) electrons. The van der Waals surface area contributed by atoms with Crippen LogP contribution in [0.5, 0.6) is 0 Å². The zero-order valence-electron chi connectivity index (χ0n) is 13.0. The predicted molar refractivity (Wildman–Crippen MR) is 77.4 cm³/mol. The van der Waals surface area contributed by atoms with E-state index in [1.165, 1.54) is 0 Å². The van der Waals surface area contributed by atoms with E-state index in [4.69, 9.17) is 15.6 Å². The molecule has 0 spiro atoms. The Morgan fingerprint density at radius 2 is 1.65 bits per heavy atom. The lowest BCUT2D eigenvalue weighted by Gasteiger charge is -2.36. The van der Waals surface area contributed by atoms with Crippen molar-refractivity contribution in [2.24, 2.45) is 5.73 Å². The highest BCUT2D eigenvalue weighted by Gasteiger charge is 2.28. The molecule has 0 unspecified atom stereocenters. The van der Waals surface area contributed by atoms with Gasteiger partial charge >= 0.3 is 5.97 Å². The van der Waals surface area contributed by atoms with Crippen molar-refractivity contribution >= 4 is 11.9 Å². The minimum Gasteiger partial charge on any atom is -0.481 e. The van der Waals surface area contributed by atoms with Crippen LogP contribution in [-0.4, -0.2) is 41.3 Å². The molecular weight excluding hydrogens is 260 g/mol. The number of hydrogen-bond acceptors (Lipinski definition) is 4. The van der Waals surface area contributed by atoms with Gasteiger partial charge < -0.3 is 20.9 Å². The molecule has 1 amide bonds. The molecule has 0 aliphatic carbocycles. The summed E-state index contributed by atoms with van der Waals surface area (Å²) in [5.41, 5.74) is 4.87. The summed E-state index contributed by atoms with van der Waals surface area (Å²) < 4.78 is 6.02. The first-order chi connectivity index (χ1) is 9.08. The number of carbonyl (C=O) groups is 2. The van der Waals surface area contributed by atoms with Gasteiger partial charge in [-0.25, -0.2) is 0 Å². The molecule has 0 aliphatic heterocycles. The average molecular weight is 288 g/mol. The van der Waals surface area contributed by atoms with Crippen molar-refractivity contribution in [3.8, 4) is 0 Å². The fourth-order valence-electron chi connectivity index (χ4n) is 2.01. The molecule has 0 saturated heterocycles. The van der Waals surface area contributed by atoms with Crippen molar-refractivity contribution in [1.29, 1.82) is 0 Å². The Morgan fingerprint density at radius 3 is 2.15 bits per heavy atom. The van der Waals surface area contributed by atoms with Gasteiger partial charge in [0.2, 0.25) is 5.91 Å².